The zero-order valence-corrected chi connectivity index (χ0v) is 21.8. The highest BCUT2D eigenvalue weighted by Crippen LogP contribution is 2.41. The molecule has 7 nitrogen and oxygen atoms in total. The number of amides is 2. The fourth-order valence-corrected chi connectivity index (χ4v) is 5.01. The molecule has 4 rings (SSSR count). The van der Waals surface area contributed by atoms with Crippen LogP contribution in [-0.4, -0.2) is 78.0 Å². The second kappa shape index (κ2) is 10.6. The van der Waals surface area contributed by atoms with Crippen molar-refractivity contribution in [3.63, 3.8) is 0 Å². The van der Waals surface area contributed by atoms with Gasteiger partial charge in [-0.2, -0.15) is 0 Å². The number of hydrogen-bond acceptors (Lipinski definition) is 5. The first-order valence-corrected chi connectivity index (χ1v) is 11.4. The van der Waals surface area contributed by atoms with Crippen LogP contribution in [0.15, 0.2) is 12.3 Å². The Hall–Kier alpha value is -1.55. The predicted octanol–water partition coefficient (Wildman–Crippen LogP) is 2.95. The molecule has 2 atom stereocenters. The van der Waals surface area contributed by atoms with E-state index >= 15 is 0 Å². The molecule has 1 N–H and O–H groups in total. The first kappa shape index (κ1) is 28.7. The maximum Gasteiger partial charge on any atom is 0.272 e. The first-order chi connectivity index (χ1) is 15.0. The number of pyridine rings is 1. The predicted molar refractivity (Wildman–Crippen MR) is 132 cm³/mol. The van der Waals surface area contributed by atoms with E-state index in [1.165, 1.54) is 12.3 Å². The van der Waals surface area contributed by atoms with Crippen molar-refractivity contribution in [3.8, 4) is 0 Å². The minimum atomic E-state index is -3.02. The molecule has 0 spiro atoms. The van der Waals surface area contributed by atoms with Crippen LogP contribution in [0, 0.1) is 0 Å². The van der Waals surface area contributed by atoms with Gasteiger partial charge in [-0.3, -0.25) is 19.5 Å². The molecular formula is C23H35Cl2F2N5O2. The summed E-state index contributed by atoms with van der Waals surface area (Å²) < 4.78 is 27.9. The number of likely N-dealkylation sites (tertiary alicyclic amines) is 1. The Morgan fingerprint density at radius 3 is 2.65 bits per heavy atom. The fourth-order valence-electron chi connectivity index (χ4n) is 5.01. The summed E-state index contributed by atoms with van der Waals surface area (Å²) in [4.78, 5) is 35.5. The highest BCUT2D eigenvalue weighted by Gasteiger charge is 2.42. The largest absolute Gasteiger partial charge is 0.341 e. The van der Waals surface area contributed by atoms with Crippen molar-refractivity contribution in [1.82, 2.24) is 20.1 Å². The van der Waals surface area contributed by atoms with E-state index in [4.69, 9.17) is 0 Å². The quantitative estimate of drug-likeness (QED) is 0.645. The number of nitrogens with zero attached hydrogens (tertiary/aromatic N) is 4. The summed E-state index contributed by atoms with van der Waals surface area (Å²) in [6.07, 6.45) is 2.69. The smallest absolute Gasteiger partial charge is 0.272 e. The fraction of sp³-hybridized carbons (Fsp3) is 0.696. The van der Waals surface area contributed by atoms with Crippen LogP contribution in [-0.2, 0) is 20.9 Å². The zero-order chi connectivity index (χ0) is 23.3. The molecule has 1 aromatic rings. The lowest BCUT2D eigenvalue weighted by Crippen LogP contribution is -2.60. The lowest BCUT2D eigenvalue weighted by Gasteiger charge is -2.41. The Morgan fingerprint density at radius 1 is 1.32 bits per heavy atom. The highest BCUT2D eigenvalue weighted by atomic mass is 35.5. The lowest BCUT2D eigenvalue weighted by atomic mass is 9.91. The van der Waals surface area contributed by atoms with Gasteiger partial charge >= 0.3 is 0 Å². The Morgan fingerprint density at radius 2 is 2.03 bits per heavy atom. The maximum atomic E-state index is 13.9. The van der Waals surface area contributed by atoms with Gasteiger partial charge in [0.2, 0.25) is 11.8 Å². The van der Waals surface area contributed by atoms with E-state index in [0.29, 0.717) is 44.0 Å². The number of piperazine rings is 1. The van der Waals surface area contributed by atoms with Crippen molar-refractivity contribution in [2.45, 2.75) is 64.0 Å². The van der Waals surface area contributed by atoms with Gasteiger partial charge in [-0.15, -0.1) is 24.8 Å². The van der Waals surface area contributed by atoms with E-state index < -0.39 is 11.3 Å². The van der Waals surface area contributed by atoms with E-state index in [9.17, 15) is 18.4 Å². The normalized spacial score (nSPS) is 24.5. The van der Waals surface area contributed by atoms with Gasteiger partial charge in [0.05, 0.1) is 17.9 Å². The van der Waals surface area contributed by atoms with E-state index in [1.807, 2.05) is 18.7 Å². The molecule has 4 heterocycles. The van der Waals surface area contributed by atoms with E-state index in [-0.39, 0.29) is 60.8 Å². The zero-order valence-electron chi connectivity index (χ0n) is 20.1. The molecule has 34 heavy (non-hydrogen) atoms. The van der Waals surface area contributed by atoms with Crippen LogP contribution in [0.4, 0.5) is 14.5 Å². The molecule has 1 aromatic heterocycles. The van der Waals surface area contributed by atoms with Crippen molar-refractivity contribution >= 4 is 42.3 Å². The summed E-state index contributed by atoms with van der Waals surface area (Å²) in [6.45, 7) is 10.2. The molecule has 3 aliphatic heterocycles. The molecule has 2 fully saturated rings. The standard InChI is InChI=1S/C23H33F2N5O2.2ClH/c1-15-11-29(17(10-26-15)12-28-7-5-6-19(28)31)13-20(32)30-14-22(2,3)21-18(30)8-16(9-27-21)23(4,24)25;;/h8-9,15,17,26H,5-7,10-14H2,1-4H3;2*1H/t15-,17-;;/m1../s1. The van der Waals surface area contributed by atoms with Crippen LogP contribution >= 0.6 is 24.8 Å². The van der Waals surface area contributed by atoms with Gasteiger partial charge in [0, 0.05) is 75.3 Å². The molecule has 0 bridgehead atoms. The van der Waals surface area contributed by atoms with E-state index in [2.05, 4.69) is 22.1 Å². The molecule has 0 aliphatic carbocycles. The topological polar surface area (TPSA) is 68.8 Å². The van der Waals surface area contributed by atoms with E-state index in [1.54, 1.807) is 4.90 Å². The van der Waals surface area contributed by atoms with Crippen LogP contribution in [0.25, 0.3) is 0 Å². The third kappa shape index (κ3) is 5.80. The number of rotatable bonds is 5. The van der Waals surface area contributed by atoms with Gasteiger partial charge in [-0.1, -0.05) is 13.8 Å². The third-order valence-electron chi connectivity index (χ3n) is 6.83. The Kier molecular flexibility index (Phi) is 8.94. The summed E-state index contributed by atoms with van der Waals surface area (Å²) in [6, 6.07) is 1.68. The molecule has 0 unspecified atom stereocenters. The average molecular weight is 522 g/mol. The van der Waals surface area contributed by atoms with Crippen molar-refractivity contribution in [2.24, 2.45) is 0 Å². The summed E-state index contributed by atoms with van der Waals surface area (Å²) in [5.41, 5.74) is 0.554. The molecule has 2 amide bonds. The van der Waals surface area contributed by atoms with Crippen LogP contribution in [0.2, 0.25) is 0 Å². The Bertz CT molecular complexity index is 912. The molecule has 192 valence electrons. The Labute approximate surface area is 212 Å². The number of carbonyl (C=O) groups is 2. The molecule has 0 radical (unpaired) electrons. The Balaban J connectivity index is 0.00000204. The first-order valence-electron chi connectivity index (χ1n) is 11.4. The van der Waals surface area contributed by atoms with Crippen LogP contribution < -0.4 is 10.2 Å². The molecular weight excluding hydrogens is 487 g/mol. The van der Waals surface area contributed by atoms with Crippen molar-refractivity contribution in [1.29, 1.82) is 0 Å². The summed E-state index contributed by atoms with van der Waals surface area (Å²) >= 11 is 0. The number of nitrogens with one attached hydrogen (secondary N) is 1. The van der Waals surface area contributed by atoms with Crippen LogP contribution in [0.1, 0.15) is 51.8 Å². The summed E-state index contributed by atoms with van der Waals surface area (Å²) in [5.74, 6) is -2.98. The highest BCUT2D eigenvalue weighted by molar-refractivity contribution is 5.97. The minimum absolute atomic E-state index is 0. The second-order valence-electron chi connectivity index (χ2n) is 10.2. The van der Waals surface area contributed by atoms with Gasteiger partial charge in [-0.25, -0.2) is 8.78 Å². The number of anilines is 1. The lowest BCUT2D eigenvalue weighted by molar-refractivity contribution is -0.128. The monoisotopic (exact) mass is 521 g/mol. The number of halogens is 4. The third-order valence-corrected chi connectivity index (χ3v) is 6.83. The number of alkyl halides is 2. The van der Waals surface area contributed by atoms with Gasteiger partial charge in [0.15, 0.2) is 0 Å². The summed E-state index contributed by atoms with van der Waals surface area (Å²) in [7, 11) is 0. The number of fused-ring (bicyclic) bond motifs is 1. The number of aromatic nitrogens is 1. The molecule has 0 saturated carbocycles. The van der Waals surface area contributed by atoms with Gasteiger partial charge in [-0.05, 0) is 19.4 Å². The maximum absolute atomic E-state index is 13.9. The summed E-state index contributed by atoms with van der Waals surface area (Å²) in [5, 5.41) is 3.45. The molecule has 0 aromatic carbocycles. The number of hydrogen-bond donors (Lipinski definition) is 1. The van der Waals surface area contributed by atoms with Crippen molar-refractivity contribution < 1.29 is 18.4 Å². The molecule has 11 heteroatoms. The van der Waals surface area contributed by atoms with Crippen LogP contribution in [0.3, 0.4) is 0 Å². The minimum Gasteiger partial charge on any atom is -0.341 e. The van der Waals surface area contributed by atoms with Gasteiger partial charge in [0.25, 0.3) is 5.92 Å². The average Bonchev–Trinajstić information content (AvgIpc) is 3.23. The van der Waals surface area contributed by atoms with Gasteiger partial charge < -0.3 is 15.1 Å². The second-order valence-corrected chi connectivity index (χ2v) is 10.2. The van der Waals surface area contributed by atoms with E-state index in [0.717, 1.165) is 19.9 Å². The molecule has 3 aliphatic rings. The number of carbonyl (C=O) groups excluding carboxylic acids is 2. The van der Waals surface area contributed by atoms with Crippen LogP contribution in [0.5, 0.6) is 0 Å². The van der Waals surface area contributed by atoms with Crippen molar-refractivity contribution in [3.05, 3.63) is 23.5 Å². The SMILES string of the molecule is C[C@@H]1CN(CC(=O)N2CC(C)(C)c3ncc(C(C)(F)F)cc32)[C@@H](CN2CCCC2=O)CN1.Cl.Cl. The van der Waals surface area contributed by atoms with Gasteiger partial charge in [0.1, 0.15) is 0 Å². The molecule has 2 saturated heterocycles. The van der Waals surface area contributed by atoms with Crippen molar-refractivity contribution in [2.75, 3.05) is 44.2 Å².